The number of aliphatic hydroxyl groups excluding tert-OH is 1. The van der Waals surface area contributed by atoms with Crippen LogP contribution in [0.25, 0.3) is 0 Å². The van der Waals surface area contributed by atoms with Crippen molar-refractivity contribution in [3.8, 4) is 0 Å². The number of nitrogens with zero attached hydrogens (tertiary/aromatic N) is 1. The zero-order valence-corrected chi connectivity index (χ0v) is 10.1. The monoisotopic (exact) mass is 224 g/mol. The van der Waals surface area contributed by atoms with Crippen LogP contribution in [0, 0.1) is 11.8 Å². The van der Waals surface area contributed by atoms with Gasteiger partial charge in [-0.2, -0.15) is 0 Å². The summed E-state index contributed by atoms with van der Waals surface area (Å²) in [6.45, 7) is 5.04. The molecule has 92 valence electrons. The number of hydrogen-bond acceptors (Lipinski definition) is 3. The summed E-state index contributed by atoms with van der Waals surface area (Å²) in [6.07, 6.45) is 6.03. The Morgan fingerprint density at radius 2 is 1.94 bits per heavy atom. The third-order valence-corrected chi connectivity index (χ3v) is 4.84. The highest BCUT2D eigenvalue weighted by atomic mass is 16.3. The van der Waals surface area contributed by atoms with E-state index in [1.54, 1.807) is 0 Å². The summed E-state index contributed by atoms with van der Waals surface area (Å²) in [7, 11) is 0. The van der Waals surface area contributed by atoms with Crippen molar-refractivity contribution in [1.82, 2.24) is 10.2 Å². The lowest BCUT2D eigenvalue weighted by atomic mass is 9.84. The van der Waals surface area contributed by atoms with E-state index in [0.29, 0.717) is 0 Å². The first-order chi connectivity index (χ1) is 7.81. The molecule has 1 saturated carbocycles. The fourth-order valence-corrected chi connectivity index (χ4v) is 3.75. The van der Waals surface area contributed by atoms with Crippen LogP contribution >= 0.6 is 0 Å². The van der Waals surface area contributed by atoms with Crippen LogP contribution in [0.5, 0.6) is 0 Å². The van der Waals surface area contributed by atoms with Gasteiger partial charge in [0.1, 0.15) is 0 Å². The number of piperidine rings is 3. The Morgan fingerprint density at radius 3 is 2.50 bits per heavy atom. The predicted octanol–water partition coefficient (Wildman–Crippen LogP) is 0.831. The molecule has 3 unspecified atom stereocenters. The van der Waals surface area contributed by atoms with Gasteiger partial charge in [-0.1, -0.05) is 0 Å². The van der Waals surface area contributed by atoms with Crippen molar-refractivity contribution < 1.29 is 5.11 Å². The van der Waals surface area contributed by atoms with Crippen LogP contribution in [0.2, 0.25) is 0 Å². The molecule has 1 aliphatic carbocycles. The van der Waals surface area contributed by atoms with Gasteiger partial charge in [-0.25, -0.2) is 0 Å². The summed E-state index contributed by atoms with van der Waals surface area (Å²) in [5, 5.41) is 13.3. The third-order valence-electron chi connectivity index (χ3n) is 4.84. The normalized spacial score (nSPS) is 47.4. The highest BCUT2D eigenvalue weighted by molar-refractivity contribution is 4.91. The quantitative estimate of drug-likeness (QED) is 0.745. The van der Waals surface area contributed by atoms with E-state index in [1.807, 2.05) is 0 Å². The van der Waals surface area contributed by atoms with Crippen molar-refractivity contribution >= 4 is 0 Å². The number of nitrogens with one attached hydrogen (secondary N) is 1. The maximum absolute atomic E-state index is 9.51. The Bertz CT molecular complexity index is 238. The van der Waals surface area contributed by atoms with Gasteiger partial charge in [0.25, 0.3) is 0 Å². The molecule has 2 N–H and O–H groups in total. The van der Waals surface area contributed by atoms with Crippen molar-refractivity contribution in [1.29, 1.82) is 0 Å². The van der Waals surface area contributed by atoms with E-state index < -0.39 is 0 Å². The Labute approximate surface area is 98.2 Å². The van der Waals surface area contributed by atoms with Gasteiger partial charge in [-0.05, 0) is 63.6 Å². The smallest absolute Gasteiger partial charge is 0.0543 e. The molecule has 0 spiro atoms. The average Bonchev–Trinajstić information content (AvgIpc) is 2.74. The second kappa shape index (κ2) is 4.63. The van der Waals surface area contributed by atoms with E-state index in [0.717, 1.165) is 37.3 Å². The van der Waals surface area contributed by atoms with Crippen molar-refractivity contribution in [2.24, 2.45) is 11.8 Å². The molecule has 0 radical (unpaired) electrons. The number of hydrogen-bond donors (Lipinski definition) is 2. The Hall–Kier alpha value is -0.120. The predicted molar refractivity (Wildman–Crippen MR) is 64.3 cm³/mol. The first-order valence-electron chi connectivity index (χ1n) is 6.95. The van der Waals surface area contributed by atoms with E-state index in [-0.39, 0.29) is 6.10 Å². The molecule has 4 fully saturated rings. The SMILES string of the molecule is OC1CCC(CNC2CN3CCC2CC3)C1. The van der Waals surface area contributed by atoms with Crippen molar-refractivity contribution in [3.05, 3.63) is 0 Å². The molecular weight excluding hydrogens is 200 g/mol. The van der Waals surface area contributed by atoms with E-state index in [1.165, 1.54) is 38.9 Å². The van der Waals surface area contributed by atoms with Crippen LogP contribution < -0.4 is 5.32 Å². The van der Waals surface area contributed by atoms with E-state index in [4.69, 9.17) is 0 Å². The summed E-state index contributed by atoms with van der Waals surface area (Å²) in [4.78, 5) is 2.60. The van der Waals surface area contributed by atoms with Crippen LogP contribution in [0.1, 0.15) is 32.1 Å². The van der Waals surface area contributed by atoms with Gasteiger partial charge in [0.15, 0.2) is 0 Å². The topological polar surface area (TPSA) is 35.5 Å². The van der Waals surface area contributed by atoms with Gasteiger partial charge in [0.05, 0.1) is 6.10 Å². The Balaban J connectivity index is 1.45. The molecule has 3 nitrogen and oxygen atoms in total. The highest BCUT2D eigenvalue weighted by Crippen LogP contribution is 2.29. The van der Waals surface area contributed by atoms with Crippen molar-refractivity contribution in [2.45, 2.75) is 44.2 Å². The lowest BCUT2D eigenvalue weighted by Crippen LogP contribution is -2.56. The van der Waals surface area contributed by atoms with Crippen LogP contribution in [-0.2, 0) is 0 Å². The summed E-state index contributed by atoms with van der Waals surface area (Å²) in [6, 6.07) is 0.736. The molecule has 4 aliphatic rings. The van der Waals surface area contributed by atoms with Gasteiger partial charge >= 0.3 is 0 Å². The Morgan fingerprint density at radius 1 is 1.12 bits per heavy atom. The van der Waals surface area contributed by atoms with Crippen LogP contribution in [0.15, 0.2) is 0 Å². The molecule has 3 aliphatic heterocycles. The van der Waals surface area contributed by atoms with Gasteiger partial charge in [-0.3, -0.25) is 0 Å². The lowest BCUT2D eigenvalue weighted by Gasteiger charge is -2.45. The molecule has 3 heteroatoms. The zero-order chi connectivity index (χ0) is 11.0. The average molecular weight is 224 g/mol. The van der Waals surface area contributed by atoms with Gasteiger partial charge in [0.2, 0.25) is 0 Å². The van der Waals surface area contributed by atoms with Crippen molar-refractivity contribution in [3.63, 3.8) is 0 Å². The molecular formula is C13H24N2O. The molecule has 0 aromatic heterocycles. The number of aliphatic hydroxyl groups is 1. The van der Waals surface area contributed by atoms with Crippen LogP contribution in [0.4, 0.5) is 0 Å². The lowest BCUT2D eigenvalue weighted by molar-refractivity contribution is 0.0705. The minimum atomic E-state index is -0.0154. The second-order valence-corrected chi connectivity index (χ2v) is 5.99. The summed E-state index contributed by atoms with van der Waals surface area (Å²) >= 11 is 0. The summed E-state index contributed by atoms with van der Waals surface area (Å²) in [5.74, 6) is 1.65. The summed E-state index contributed by atoms with van der Waals surface area (Å²) < 4.78 is 0. The third kappa shape index (κ3) is 2.27. The molecule has 3 saturated heterocycles. The largest absolute Gasteiger partial charge is 0.393 e. The van der Waals surface area contributed by atoms with E-state index >= 15 is 0 Å². The number of fused-ring (bicyclic) bond motifs is 3. The standard InChI is InChI=1S/C13H24N2O/c16-12-2-1-10(7-12)8-14-13-9-15-5-3-11(13)4-6-15/h10-14,16H,1-9H2. The zero-order valence-electron chi connectivity index (χ0n) is 10.1. The van der Waals surface area contributed by atoms with Gasteiger partial charge in [0, 0.05) is 12.6 Å². The molecule has 0 amide bonds. The fraction of sp³-hybridized carbons (Fsp3) is 1.00. The molecule has 16 heavy (non-hydrogen) atoms. The van der Waals surface area contributed by atoms with Crippen molar-refractivity contribution in [2.75, 3.05) is 26.2 Å². The highest BCUT2D eigenvalue weighted by Gasteiger charge is 2.34. The molecule has 4 rings (SSSR count). The fourth-order valence-electron chi connectivity index (χ4n) is 3.75. The minimum absolute atomic E-state index is 0.0154. The second-order valence-electron chi connectivity index (χ2n) is 5.99. The summed E-state index contributed by atoms with van der Waals surface area (Å²) in [5.41, 5.74) is 0. The maximum Gasteiger partial charge on any atom is 0.0543 e. The minimum Gasteiger partial charge on any atom is -0.393 e. The molecule has 0 aromatic carbocycles. The number of rotatable bonds is 3. The van der Waals surface area contributed by atoms with Gasteiger partial charge in [-0.15, -0.1) is 0 Å². The van der Waals surface area contributed by atoms with Crippen LogP contribution in [0.3, 0.4) is 0 Å². The molecule has 2 bridgehead atoms. The first-order valence-corrected chi connectivity index (χ1v) is 6.95. The Kier molecular flexibility index (Phi) is 3.18. The first kappa shape index (κ1) is 11.0. The van der Waals surface area contributed by atoms with Crippen LogP contribution in [-0.4, -0.2) is 48.3 Å². The van der Waals surface area contributed by atoms with Gasteiger partial charge < -0.3 is 15.3 Å². The molecule has 0 aromatic rings. The molecule has 3 heterocycles. The molecule has 3 atom stereocenters. The maximum atomic E-state index is 9.51. The van der Waals surface area contributed by atoms with E-state index in [9.17, 15) is 5.11 Å². The van der Waals surface area contributed by atoms with E-state index in [2.05, 4.69) is 10.2 Å².